The van der Waals surface area contributed by atoms with Crippen LogP contribution < -0.4 is 9.80 Å². The van der Waals surface area contributed by atoms with Crippen LogP contribution in [0.4, 0.5) is 11.4 Å². The summed E-state index contributed by atoms with van der Waals surface area (Å²) >= 11 is -2.16. The predicted molar refractivity (Wildman–Crippen MR) is 131 cm³/mol. The van der Waals surface area contributed by atoms with Gasteiger partial charge < -0.3 is 0 Å². The van der Waals surface area contributed by atoms with Gasteiger partial charge in [0.1, 0.15) is 0 Å². The van der Waals surface area contributed by atoms with E-state index in [0.29, 0.717) is 0 Å². The van der Waals surface area contributed by atoms with Crippen molar-refractivity contribution in [3.8, 4) is 0 Å². The molecule has 1 aliphatic heterocycles. The van der Waals surface area contributed by atoms with Crippen LogP contribution in [0, 0.1) is 27.7 Å². The first kappa shape index (κ1) is 23.8. The van der Waals surface area contributed by atoms with Gasteiger partial charge in [0.2, 0.25) is 0 Å². The average molecular weight is 535 g/mol. The summed E-state index contributed by atoms with van der Waals surface area (Å²) in [6, 6.07) is 9.25. The van der Waals surface area contributed by atoms with Gasteiger partial charge >= 0.3 is 196 Å². The quantitative estimate of drug-likeness (QED) is 0.363. The van der Waals surface area contributed by atoms with Crippen LogP contribution in [0.3, 0.4) is 0 Å². The Labute approximate surface area is 195 Å². The number of anilines is 2. The molecular weight excluding hydrogens is 500 g/mol. The molecule has 0 atom stereocenters. The van der Waals surface area contributed by atoms with Crippen LogP contribution in [0.5, 0.6) is 0 Å². The molecule has 0 amide bonds. The molecule has 30 heavy (non-hydrogen) atoms. The fourth-order valence-corrected chi connectivity index (χ4v) is 8.05. The second-order valence-corrected chi connectivity index (χ2v) is 14.1. The third-order valence-electron chi connectivity index (χ3n) is 5.73. The maximum absolute atomic E-state index is 6.79. The van der Waals surface area contributed by atoms with Crippen molar-refractivity contribution in [3.63, 3.8) is 0 Å². The molecule has 5 heteroatoms. The van der Waals surface area contributed by atoms with E-state index in [2.05, 4.69) is 75.6 Å². The van der Waals surface area contributed by atoms with Crippen molar-refractivity contribution in [2.24, 2.45) is 0 Å². The summed E-state index contributed by atoms with van der Waals surface area (Å²) in [4.78, 5) is 4.88. The summed E-state index contributed by atoms with van der Waals surface area (Å²) in [5.41, 5.74) is 10.7. The van der Waals surface area contributed by atoms with Crippen LogP contribution in [-0.4, -0.2) is 17.4 Å². The van der Waals surface area contributed by atoms with E-state index in [0.717, 1.165) is 43.1 Å². The summed E-state index contributed by atoms with van der Waals surface area (Å²) < 4.78 is 1.14. The molecule has 0 aromatic heterocycles. The van der Waals surface area contributed by atoms with Crippen LogP contribution in [0.1, 0.15) is 60.1 Å². The van der Waals surface area contributed by atoms with Crippen molar-refractivity contribution < 1.29 is 13.5 Å². The van der Waals surface area contributed by atoms with E-state index in [4.69, 9.17) is 19.4 Å². The Hall–Kier alpha value is -0.887. The SMILES string of the molecule is CCCc1cc(C)cc(C)c1N1CCN(c2c(C)cc(C)cc2CCC)[C]1=[Ru]([Cl])[Cl]. The van der Waals surface area contributed by atoms with E-state index >= 15 is 0 Å². The Balaban J connectivity index is 2.15. The van der Waals surface area contributed by atoms with Crippen LogP contribution in [0.25, 0.3) is 0 Å². The van der Waals surface area contributed by atoms with Crippen molar-refractivity contribution in [2.75, 3.05) is 22.9 Å². The zero-order valence-corrected chi connectivity index (χ0v) is 22.3. The molecule has 0 bridgehead atoms. The van der Waals surface area contributed by atoms with Gasteiger partial charge in [-0.15, -0.1) is 0 Å². The zero-order chi connectivity index (χ0) is 22.0. The van der Waals surface area contributed by atoms with Crippen molar-refractivity contribution in [3.05, 3.63) is 57.6 Å². The normalized spacial score (nSPS) is 14.7. The zero-order valence-electron chi connectivity index (χ0n) is 19.1. The van der Waals surface area contributed by atoms with Gasteiger partial charge in [-0.05, 0) is 0 Å². The third kappa shape index (κ3) is 4.79. The molecule has 2 nitrogen and oxygen atoms in total. The van der Waals surface area contributed by atoms with Crippen molar-refractivity contribution in [2.45, 2.75) is 67.2 Å². The first-order valence-corrected chi connectivity index (χ1v) is 16.2. The second kappa shape index (κ2) is 10.2. The molecule has 3 rings (SSSR count). The van der Waals surface area contributed by atoms with Crippen LogP contribution in [0.2, 0.25) is 0 Å². The average Bonchev–Trinajstić information content (AvgIpc) is 3.05. The van der Waals surface area contributed by atoms with E-state index in [1.54, 1.807) is 0 Å². The predicted octanol–water partition coefficient (Wildman–Crippen LogP) is 7.17. The van der Waals surface area contributed by atoms with E-state index in [-0.39, 0.29) is 0 Å². The van der Waals surface area contributed by atoms with E-state index in [9.17, 15) is 0 Å². The summed E-state index contributed by atoms with van der Waals surface area (Å²) in [6.45, 7) is 15.2. The van der Waals surface area contributed by atoms with Gasteiger partial charge in [0.25, 0.3) is 0 Å². The molecule has 2 aromatic rings. The van der Waals surface area contributed by atoms with Gasteiger partial charge in [0.15, 0.2) is 0 Å². The number of hydrogen-bond acceptors (Lipinski definition) is 2. The Morgan fingerprint density at radius 3 is 1.47 bits per heavy atom. The monoisotopic (exact) mass is 534 g/mol. The van der Waals surface area contributed by atoms with Gasteiger partial charge in [0, 0.05) is 0 Å². The Kier molecular flexibility index (Phi) is 8.05. The summed E-state index contributed by atoms with van der Waals surface area (Å²) in [5.74, 6) is 0. The number of nitrogens with zero attached hydrogens (tertiary/aromatic N) is 2. The minimum absolute atomic E-state index is 0.929. The van der Waals surface area contributed by atoms with Gasteiger partial charge in [-0.1, -0.05) is 0 Å². The summed E-state index contributed by atoms with van der Waals surface area (Å²) in [7, 11) is 13.6. The van der Waals surface area contributed by atoms with Crippen LogP contribution in [-0.2, 0) is 26.4 Å². The molecule has 1 fully saturated rings. The van der Waals surface area contributed by atoms with Gasteiger partial charge in [-0.25, -0.2) is 0 Å². The molecule has 0 aliphatic carbocycles. The minimum atomic E-state index is -2.16. The van der Waals surface area contributed by atoms with E-state index in [1.807, 2.05) is 0 Å². The third-order valence-corrected chi connectivity index (χ3v) is 8.67. The molecule has 0 radical (unpaired) electrons. The van der Waals surface area contributed by atoms with Crippen molar-refractivity contribution in [1.29, 1.82) is 0 Å². The Morgan fingerprint density at radius 2 is 1.13 bits per heavy atom. The molecule has 1 aliphatic rings. The van der Waals surface area contributed by atoms with E-state index in [1.165, 1.54) is 44.8 Å². The second-order valence-electron chi connectivity index (χ2n) is 8.42. The van der Waals surface area contributed by atoms with Crippen molar-refractivity contribution in [1.82, 2.24) is 0 Å². The number of rotatable bonds is 6. The molecule has 1 saturated heterocycles. The van der Waals surface area contributed by atoms with Crippen molar-refractivity contribution >= 4 is 35.1 Å². The van der Waals surface area contributed by atoms with Crippen LogP contribution in [0.15, 0.2) is 24.3 Å². The van der Waals surface area contributed by atoms with Gasteiger partial charge in [-0.3, -0.25) is 0 Å². The maximum atomic E-state index is 6.79. The number of halogens is 2. The first-order chi connectivity index (χ1) is 14.3. The number of hydrogen-bond donors (Lipinski definition) is 0. The fraction of sp³-hybridized carbons (Fsp3) is 0.480. The molecule has 0 unspecified atom stereocenters. The summed E-state index contributed by atoms with van der Waals surface area (Å²) in [6.07, 6.45) is 4.40. The Bertz CT molecular complexity index is 893. The number of benzene rings is 2. The fourth-order valence-electron chi connectivity index (χ4n) is 4.86. The molecular formula is C25H34Cl2N2Ru. The van der Waals surface area contributed by atoms with E-state index < -0.39 is 13.5 Å². The molecule has 2 aromatic carbocycles. The topological polar surface area (TPSA) is 6.48 Å². The van der Waals surface area contributed by atoms with Gasteiger partial charge in [0.05, 0.1) is 0 Å². The standard InChI is InChI=1S/C25H34N2.2ClH.Ru/c1-7-9-22-15-18(3)13-20(5)24(22)26-11-12-27(17-26)25-21(6)14-19(4)16-23(25)10-8-2;;;/h13-16H,7-12H2,1-6H3;2*1H;/q;;;+2/p-2. The van der Waals surface area contributed by atoms with Gasteiger partial charge in [-0.2, -0.15) is 0 Å². The van der Waals surface area contributed by atoms with Crippen LogP contribution >= 0.6 is 19.4 Å². The number of aryl methyl sites for hydroxylation is 6. The first-order valence-electron chi connectivity index (χ1n) is 10.9. The molecule has 166 valence electrons. The molecule has 0 N–H and O–H groups in total. The molecule has 0 saturated carbocycles. The molecule has 1 heterocycles. The summed E-state index contributed by atoms with van der Waals surface area (Å²) in [5, 5.41) is 0. The molecule has 0 spiro atoms. The Morgan fingerprint density at radius 1 is 0.733 bits per heavy atom.